The second-order valence-corrected chi connectivity index (χ2v) is 7.55. The average molecular weight is 352 g/mol. The van der Waals surface area contributed by atoms with Crippen LogP contribution in [0.3, 0.4) is 0 Å². The van der Waals surface area contributed by atoms with Gasteiger partial charge in [-0.15, -0.1) is 0 Å². The van der Waals surface area contributed by atoms with Crippen LogP contribution in [-0.2, 0) is 0 Å². The molecule has 0 saturated carbocycles. The molecule has 0 radical (unpaired) electrons. The fourth-order valence-corrected chi connectivity index (χ4v) is 4.19. The predicted molar refractivity (Wildman–Crippen MR) is 92.8 cm³/mol. The van der Waals surface area contributed by atoms with Gasteiger partial charge >= 0.3 is 0 Å². The van der Waals surface area contributed by atoms with E-state index in [1.165, 1.54) is 43.6 Å². The van der Waals surface area contributed by atoms with Gasteiger partial charge in [0.05, 0.1) is 0 Å². The van der Waals surface area contributed by atoms with Crippen LogP contribution in [0.1, 0.15) is 44.7 Å². The van der Waals surface area contributed by atoms with Gasteiger partial charge < -0.3 is 10.6 Å². The Morgan fingerprint density at radius 3 is 2.86 bits per heavy atom. The number of anilines is 1. The summed E-state index contributed by atoms with van der Waals surface area (Å²) in [6.45, 7) is 8.01. The summed E-state index contributed by atoms with van der Waals surface area (Å²) in [5, 5.41) is 0. The van der Waals surface area contributed by atoms with Crippen molar-refractivity contribution in [3.8, 4) is 0 Å². The van der Waals surface area contributed by atoms with E-state index < -0.39 is 0 Å². The molecular formula is C17H26BrN3. The summed E-state index contributed by atoms with van der Waals surface area (Å²) in [7, 11) is 0. The molecule has 3 atom stereocenters. The van der Waals surface area contributed by atoms with E-state index >= 15 is 0 Å². The number of fused-ring (bicyclic) bond motifs is 1. The molecule has 0 aliphatic carbocycles. The predicted octanol–water partition coefficient (Wildman–Crippen LogP) is 3.53. The van der Waals surface area contributed by atoms with Gasteiger partial charge in [-0.2, -0.15) is 0 Å². The molecule has 2 aliphatic rings. The molecule has 1 aromatic carbocycles. The fourth-order valence-electron chi connectivity index (χ4n) is 3.84. The summed E-state index contributed by atoms with van der Waals surface area (Å²) in [6.07, 6.45) is 4.08. The minimum atomic E-state index is 0.0738. The molecule has 3 rings (SSSR count). The molecule has 0 aromatic heterocycles. The Kier molecular flexibility index (Phi) is 4.57. The molecule has 2 N–H and O–H groups in total. The maximum atomic E-state index is 6.20. The third-order valence-corrected chi connectivity index (χ3v) is 5.47. The van der Waals surface area contributed by atoms with E-state index in [2.05, 4.69) is 57.8 Å². The van der Waals surface area contributed by atoms with Crippen molar-refractivity contribution in [2.24, 2.45) is 5.73 Å². The van der Waals surface area contributed by atoms with Crippen molar-refractivity contribution in [2.45, 2.75) is 51.2 Å². The number of hydrogen-bond acceptors (Lipinski definition) is 3. The van der Waals surface area contributed by atoms with Crippen LogP contribution in [0.15, 0.2) is 22.7 Å². The van der Waals surface area contributed by atoms with E-state index in [1.54, 1.807) is 0 Å². The lowest BCUT2D eigenvalue weighted by molar-refractivity contribution is 0.115. The van der Waals surface area contributed by atoms with Gasteiger partial charge in [0.2, 0.25) is 0 Å². The SMILES string of the molecule is CC(N)c1ccc(Br)cc1N1CC2CCCCN2CC1C. The summed E-state index contributed by atoms with van der Waals surface area (Å²) in [5.74, 6) is 0. The van der Waals surface area contributed by atoms with Crippen LogP contribution >= 0.6 is 15.9 Å². The minimum Gasteiger partial charge on any atom is -0.366 e. The van der Waals surface area contributed by atoms with Crippen LogP contribution in [0.2, 0.25) is 0 Å². The highest BCUT2D eigenvalue weighted by molar-refractivity contribution is 9.10. The number of nitrogens with two attached hydrogens (primary N) is 1. The number of piperazine rings is 1. The lowest BCUT2D eigenvalue weighted by Gasteiger charge is -2.49. The monoisotopic (exact) mass is 351 g/mol. The maximum absolute atomic E-state index is 6.20. The van der Waals surface area contributed by atoms with Gasteiger partial charge in [-0.1, -0.05) is 28.4 Å². The van der Waals surface area contributed by atoms with Crippen molar-refractivity contribution < 1.29 is 0 Å². The summed E-state index contributed by atoms with van der Waals surface area (Å²) >= 11 is 3.62. The minimum absolute atomic E-state index is 0.0738. The number of piperidine rings is 1. The highest BCUT2D eigenvalue weighted by atomic mass is 79.9. The van der Waals surface area contributed by atoms with Crippen LogP contribution < -0.4 is 10.6 Å². The Balaban J connectivity index is 1.90. The van der Waals surface area contributed by atoms with Crippen LogP contribution in [0.5, 0.6) is 0 Å². The first kappa shape index (κ1) is 15.3. The zero-order valence-electron chi connectivity index (χ0n) is 13.1. The molecular weight excluding hydrogens is 326 g/mol. The fraction of sp³-hybridized carbons (Fsp3) is 0.647. The van der Waals surface area contributed by atoms with Crippen molar-refractivity contribution in [1.29, 1.82) is 0 Å². The Morgan fingerprint density at radius 2 is 2.10 bits per heavy atom. The molecule has 3 unspecified atom stereocenters. The van der Waals surface area contributed by atoms with Crippen molar-refractivity contribution in [3.05, 3.63) is 28.2 Å². The molecule has 2 saturated heterocycles. The highest BCUT2D eigenvalue weighted by Gasteiger charge is 2.33. The average Bonchev–Trinajstić information content (AvgIpc) is 2.46. The number of benzene rings is 1. The first-order chi connectivity index (χ1) is 10.1. The number of rotatable bonds is 2. The van der Waals surface area contributed by atoms with E-state index in [-0.39, 0.29) is 6.04 Å². The van der Waals surface area contributed by atoms with Crippen molar-refractivity contribution in [2.75, 3.05) is 24.5 Å². The third kappa shape index (κ3) is 3.13. The highest BCUT2D eigenvalue weighted by Crippen LogP contribution is 2.34. The van der Waals surface area contributed by atoms with E-state index in [4.69, 9.17) is 5.73 Å². The zero-order valence-corrected chi connectivity index (χ0v) is 14.6. The van der Waals surface area contributed by atoms with Gasteiger partial charge in [-0.25, -0.2) is 0 Å². The first-order valence-corrected chi connectivity index (χ1v) is 8.91. The summed E-state index contributed by atoms with van der Waals surface area (Å²) < 4.78 is 1.14. The van der Waals surface area contributed by atoms with E-state index in [0.29, 0.717) is 6.04 Å². The summed E-state index contributed by atoms with van der Waals surface area (Å²) in [6, 6.07) is 7.85. The smallest absolute Gasteiger partial charge is 0.0429 e. The quantitative estimate of drug-likeness (QED) is 0.884. The second kappa shape index (κ2) is 6.27. The summed E-state index contributed by atoms with van der Waals surface area (Å²) in [5.41, 5.74) is 8.77. The van der Waals surface area contributed by atoms with Crippen molar-refractivity contribution in [3.63, 3.8) is 0 Å². The van der Waals surface area contributed by atoms with Crippen LogP contribution in [-0.4, -0.2) is 36.6 Å². The van der Waals surface area contributed by atoms with Crippen LogP contribution in [0, 0.1) is 0 Å². The molecule has 4 heteroatoms. The molecule has 21 heavy (non-hydrogen) atoms. The number of hydrogen-bond donors (Lipinski definition) is 1. The van der Waals surface area contributed by atoms with Crippen LogP contribution in [0.4, 0.5) is 5.69 Å². The van der Waals surface area contributed by atoms with Crippen LogP contribution in [0.25, 0.3) is 0 Å². The molecule has 3 nitrogen and oxygen atoms in total. The zero-order chi connectivity index (χ0) is 15.0. The number of nitrogens with zero attached hydrogens (tertiary/aromatic N) is 2. The molecule has 0 amide bonds. The lowest BCUT2D eigenvalue weighted by atomic mass is 9.95. The Hall–Kier alpha value is -0.580. The van der Waals surface area contributed by atoms with E-state index in [9.17, 15) is 0 Å². The van der Waals surface area contributed by atoms with Crippen molar-refractivity contribution in [1.82, 2.24) is 4.90 Å². The molecule has 1 aromatic rings. The summed E-state index contributed by atoms with van der Waals surface area (Å²) in [4.78, 5) is 5.27. The molecule has 116 valence electrons. The molecule has 2 aliphatic heterocycles. The topological polar surface area (TPSA) is 32.5 Å². The normalized spacial score (nSPS) is 28.3. The van der Waals surface area contributed by atoms with Crippen molar-refractivity contribution >= 4 is 21.6 Å². The Bertz CT molecular complexity index is 503. The van der Waals surface area contributed by atoms with E-state index in [1.807, 2.05) is 0 Å². The molecule has 0 spiro atoms. The third-order valence-electron chi connectivity index (χ3n) is 4.98. The van der Waals surface area contributed by atoms with E-state index in [0.717, 1.165) is 17.1 Å². The first-order valence-electron chi connectivity index (χ1n) is 8.12. The van der Waals surface area contributed by atoms with Gasteiger partial charge in [-0.05, 0) is 50.9 Å². The Morgan fingerprint density at radius 1 is 1.29 bits per heavy atom. The van der Waals surface area contributed by atoms with Gasteiger partial charge in [0.25, 0.3) is 0 Å². The van der Waals surface area contributed by atoms with Gasteiger partial charge in [-0.3, -0.25) is 4.90 Å². The molecule has 2 heterocycles. The standard InChI is InChI=1S/C17H26BrN3/c1-12-10-20-8-4-3-5-15(20)11-21(12)17-9-14(18)6-7-16(17)13(2)19/h6-7,9,12-13,15H,3-5,8,10-11,19H2,1-2H3. The largest absolute Gasteiger partial charge is 0.366 e. The van der Waals surface area contributed by atoms with Gasteiger partial charge in [0.15, 0.2) is 0 Å². The van der Waals surface area contributed by atoms with Gasteiger partial charge in [0.1, 0.15) is 0 Å². The van der Waals surface area contributed by atoms with Gasteiger partial charge in [0, 0.05) is 41.4 Å². The second-order valence-electron chi connectivity index (χ2n) is 6.64. The maximum Gasteiger partial charge on any atom is 0.0429 e. The number of halogens is 1. The molecule has 0 bridgehead atoms. The lowest BCUT2D eigenvalue weighted by Crippen LogP contribution is -2.59. The molecule has 2 fully saturated rings. The Labute approximate surface area is 136 Å².